The zero-order chi connectivity index (χ0) is 15.1. The molecule has 0 N–H and O–H groups in total. The second-order valence-electron chi connectivity index (χ2n) is 7.89. The second-order valence-corrected chi connectivity index (χ2v) is 7.89. The lowest BCUT2D eigenvalue weighted by Gasteiger charge is -2.51. The number of carbonyl (C=O) groups excluding carboxylic acids is 2. The van der Waals surface area contributed by atoms with E-state index < -0.39 is 0 Å². The van der Waals surface area contributed by atoms with Crippen LogP contribution in [0.4, 0.5) is 0 Å². The number of nitrogens with zero attached hydrogens (tertiary/aromatic N) is 2. The van der Waals surface area contributed by atoms with E-state index in [1.54, 1.807) is 6.92 Å². The molecule has 0 unspecified atom stereocenters. The van der Waals surface area contributed by atoms with Crippen molar-refractivity contribution in [3.05, 3.63) is 0 Å². The SMILES string of the molecule is CC(=O)[C@@H]1C[C@H](CC(=O)N2CC[N+](C)(C)CC2)C1(C)C. The van der Waals surface area contributed by atoms with Crippen LogP contribution in [0.25, 0.3) is 0 Å². The molecule has 114 valence electrons. The van der Waals surface area contributed by atoms with Crippen LogP contribution in [0.15, 0.2) is 0 Å². The van der Waals surface area contributed by atoms with E-state index in [2.05, 4.69) is 27.9 Å². The summed E-state index contributed by atoms with van der Waals surface area (Å²) in [6, 6.07) is 0. The predicted octanol–water partition coefficient (Wildman–Crippen LogP) is 1.55. The Morgan fingerprint density at radius 1 is 1.20 bits per heavy atom. The molecule has 2 atom stereocenters. The smallest absolute Gasteiger partial charge is 0.223 e. The Labute approximate surface area is 122 Å². The van der Waals surface area contributed by atoms with Gasteiger partial charge in [-0.15, -0.1) is 0 Å². The van der Waals surface area contributed by atoms with Gasteiger partial charge in [0.05, 0.1) is 40.3 Å². The molecule has 2 fully saturated rings. The molecule has 0 aromatic carbocycles. The molecular weight excluding hydrogens is 252 g/mol. The van der Waals surface area contributed by atoms with Crippen LogP contribution in [-0.4, -0.2) is 61.3 Å². The van der Waals surface area contributed by atoms with Crippen molar-refractivity contribution in [1.29, 1.82) is 0 Å². The van der Waals surface area contributed by atoms with Crippen molar-refractivity contribution in [2.24, 2.45) is 17.3 Å². The van der Waals surface area contributed by atoms with Crippen molar-refractivity contribution in [2.75, 3.05) is 40.3 Å². The van der Waals surface area contributed by atoms with Crippen LogP contribution in [0.5, 0.6) is 0 Å². The summed E-state index contributed by atoms with van der Waals surface area (Å²) in [6.07, 6.45) is 1.51. The van der Waals surface area contributed by atoms with E-state index in [0.29, 0.717) is 12.3 Å². The highest BCUT2D eigenvalue weighted by Gasteiger charge is 2.50. The Kier molecular flexibility index (Phi) is 3.98. The summed E-state index contributed by atoms with van der Waals surface area (Å²) in [5.41, 5.74) is -0.00733. The summed E-state index contributed by atoms with van der Waals surface area (Å²) in [5.74, 6) is 1.08. The van der Waals surface area contributed by atoms with Crippen molar-refractivity contribution in [1.82, 2.24) is 4.90 Å². The highest BCUT2D eigenvalue weighted by atomic mass is 16.2. The lowest BCUT2D eigenvalue weighted by Crippen LogP contribution is -2.57. The molecule has 20 heavy (non-hydrogen) atoms. The first kappa shape index (κ1) is 15.5. The number of likely N-dealkylation sites (N-methyl/N-ethyl adjacent to an activating group) is 1. The average molecular weight is 281 g/mol. The highest BCUT2D eigenvalue weighted by molar-refractivity contribution is 5.81. The van der Waals surface area contributed by atoms with Gasteiger partial charge in [-0.05, 0) is 24.7 Å². The van der Waals surface area contributed by atoms with E-state index in [0.717, 1.165) is 37.1 Å². The minimum atomic E-state index is -0.00733. The average Bonchev–Trinajstić information content (AvgIpc) is 2.33. The van der Waals surface area contributed by atoms with E-state index in [1.807, 2.05) is 4.90 Å². The minimum Gasteiger partial charge on any atom is -0.331 e. The number of carbonyl (C=O) groups is 2. The molecule has 1 saturated heterocycles. The van der Waals surface area contributed by atoms with Gasteiger partial charge in [-0.3, -0.25) is 9.59 Å². The third kappa shape index (κ3) is 2.90. The molecule has 0 radical (unpaired) electrons. The number of piperazine rings is 1. The molecule has 0 aromatic rings. The maximum Gasteiger partial charge on any atom is 0.223 e. The Hall–Kier alpha value is -0.900. The number of rotatable bonds is 3. The molecule has 0 aromatic heterocycles. The third-order valence-electron chi connectivity index (χ3n) is 5.69. The molecule has 1 aliphatic heterocycles. The number of hydrogen-bond acceptors (Lipinski definition) is 2. The van der Waals surface area contributed by atoms with Crippen LogP contribution in [0.2, 0.25) is 0 Å². The molecule has 2 rings (SSSR count). The van der Waals surface area contributed by atoms with Crippen molar-refractivity contribution in [3.63, 3.8) is 0 Å². The van der Waals surface area contributed by atoms with Gasteiger partial charge in [-0.1, -0.05) is 13.8 Å². The molecule has 1 heterocycles. The quantitative estimate of drug-likeness (QED) is 0.736. The first-order valence-corrected chi connectivity index (χ1v) is 7.74. The van der Waals surface area contributed by atoms with Gasteiger partial charge in [0.2, 0.25) is 5.91 Å². The van der Waals surface area contributed by atoms with E-state index in [-0.39, 0.29) is 23.0 Å². The van der Waals surface area contributed by atoms with Crippen molar-refractivity contribution in [2.45, 2.75) is 33.6 Å². The maximum atomic E-state index is 12.4. The van der Waals surface area contributed by atoms with Crippen molar-refractivity contribution >= 4 is 11.7 Å². The van der Waals surface area contributed by atoms with Crippen LogP contribution in [-0.2, 0) is 9.59 Å². The third-order valence-corrected chi connectivity index (χ3v) is 5.69. The first-order valence-electron chi connectivity index (χ1n) is 7.74. The Bertz CT molecular complexity index is 405. The van der Waals surface area contributed by atoms with Gasteiger partial charge in [0.15, 0.2) is 0 Å². The Morgan fingerprint density at radius 2 is 1.75 bits per heavy atom. The van der Waals surface area contributed by atoms with E-state index >= 15 is 0 Å². The fourth-order valence-electron chi connectivity index (χ4n) is 3.65. The molecule has 0 spiro atoms. The predicted molar refractivity (Wildman–Crippen MR) is 79.1 cm³/mol. The molecule has 1 aliphatic carbocycles. The summed E-state index contributed by atoms with van der Waals surface area (Å²) in [7, 11) is 4.43. The first-order chi connectivity index (χ1) is 9.13. The standard InChI is InChI=1S/C16H29N2O2/c1-12(19)14-10-13(16(14,2)3)11-15(20)17-6-8-18(4,5)9-7-17/h13-14H,6-11H2,1-5H3/q+1/t13-,14+/m1/s1. The number of hydrogen-bond donors (Lipinski definition) is 0. The van der Waals surface area contributed by atoms with Crippen LogP contribution in [0, 0.1) is 17.3 Å². The normalized spacial score (nSPS) is 31.6. The Balaban J connectivity index is 1.86. The van der Waals surface area contributed by atoms with Gasteiger partial charge in [0, 0.05) is 12.3 Å². The molecule has 4 nitrogen and oxygen atoms in total. The van der Waals surface area contributed by atoms with Gasteiger partial charge in [0.1, 0.15) is 5.78 Å². The van der Waals surface area contributed by atoms with Gasteiger partial charge in [-0.2, -0.15) is 0 Å². The number of amides is 1. The zero-order valence-electron chi connectivity index (χ0n) is 13.6. The summed E-state index contributed by atoms with van der Waals surface area (Å²) in [6.45, 7) is 9.76. The van der Waals surface area contributed by atoms with E-state index in [9.17, 15) is 9.59 Å². The highest BCUT2D eigenvalue weighted by Crippen LogP contribution is 2.53. The van der Waals surface area contributed by atoms with Crippen molar-refractivity contribution < 1.29 is 14.1 Å². The summed E-state index contributed by atoms with van der Waals surface area (Å²) >= 11 is 0. The van der Waals surface area contributed by atoms with Gasteiger partial charge < -0.3 is 9.38 Å². The van der Waals surface area contributed by atoms with Crippen molar-refractivity contribution in [3.8, 4) is 0 Å². The van der Waals surface area contributed by atoms with E-state index in [1.165, 1.54) is 0 Å². The van der Waals surface area contributed by atoms with Crippen LogP contribution in [0.3, 0.4) is 0 Å². The van der Waals surface area contributed by atoms with Gasteiger partial charge >= 0.3 is 0 Å². The minimum absolute atomic E-state index is 0.00733. The molecule has 2 aliphatic rings. The summed E-state index contributed by atoms with van der Waals surface area (Å²) in [5, 5.41) is 0. The van der Waals surface area contributed by atoms with E-state index in [4.69, 9.17) is 0 Å². The summed E-state index contributed by atoms with van der Waals surface area (Å²) in [4.78, 5) is 26.0. The number of Topliss-reactive ketones (excluding diaryl/α,β-unsaturated/α-hetero) is 1. The fourth-order valence-corrected chi connectivity index (χ4v) is 3.65. The topological polar surface area (TPSA) is 37.4 Å². The van der Waals surface area contributed by atoms with Gasteiger partial charge in [-0.25, -0.2) is 0 Å². The number of ketones is 1. The summed E-state index contributed by atoms with van der Waals surface area (Å²) < 4.78 is 1.01. The van der Waals surface area contributed by atoms with Gasteiger partial charge in [0.25, 0.3) is 0 Å². The molecule has 0 bridgehead atoms. The molecule has 4 heteroatoms. The lowest BCUT2D eigenvalue weighted by molar-refractivity contribution is -0.894. The fraction of sp³-hybridized carbons (Fsp3) is 0.875. The lowest BCUT2D eigenvalue weighted by atomic mass is 9.52. The van der Waals surface area contributed by atoms with Crippen LogP contribution >= 0.6 is 0 Å². The molecule has 1 saturated carbocycles. The van der Waals surface area contributed by atoms with Crippen LogP contribution < -0.4 is 0 Å². The molecular formula is C16H29N2O2+. The monoisotopic (exact) mass is 281 g/mol. The molecule has 1 amide bonds. The maximum absolute atomic E-state index is 12.4. The second kappa shape index (κ2) is 5.14. The van der Waals surface area contributed by atoms with Crippen LogP contribution in [0.1, 0.15) is 33.6 Å². The number of quaternary nitrogens is 1. The largest absolute Gasteiger partial charge is 0.331 e. The Morgan fingerprint density at radius 3 is 2.20 bits per heavy atom. The zero-order valence-corrected chi connectivity index (χ0v) is 13.6.